The summed E-state index contributed by atoms with van der Waals surface area (Å²) in [6.45, 7) is 2.64. The molecule has 0 spiro atoms. The van der Waals surface area contributed by atoms with Gasteiger partial charge in [-0.2, -0.15) is 0 Å². The van der Waals surface area contributed by atoms with E-state index in [1.54, 1.807) is 30.0 Å². The third-order valence-corrected chi connectivity index (χ3v) is 3.92. The predicted octanol–water partition coefficient (Wildman–Crippen LogP) is 1.82. The van der Waals surface area contributed by atoms with Gasteiger partial charge in [-0.05, 0) is 18.2 Å². The van der Waals surface area contributed by atoms with Gasteiger partial charge in [-0.1, -0.05) is 22.9 Å². The molecular formula is C13H15BrN2O3. The van der Waals surface area contributed by atoms with E-state index in [1.165, 1.54) is 0 Å². The second kappa shape index (κ2) is 5.21. The minimum Gasteiger partial charge on any atom is -0.481 e. The van der Waals surface area contributed by atoms with Crippen molar-refractivity contribution in [3.63, 3.8) is 0 Å². The van der Waals surface area contributed by atoms with Crippen LogP contribution in [0.1, 0.15) is 17.3 Å². The smallest absolute Gasteiger partial charge is 0.306 e. The molecule has 0 aliphatic carbocycles. The molecular weight excluding hydrogens is 312 g/mol. The summed E-state index contributed by atoms with van der Waals surface area (Å²) >= 11 is 3.30. The van der Waals surface area contributed by atoms with Crippen molar-refractivity contribution in [3.8, 4) is 0 Å². The standard InChI is InChI=1S/C13H15BrN2O3/c1-7(13(18)19)9-5-16(6-9)12(17)8-2-10(14)4-11(15)3-8/h2-4,7,9H,5-6,15H2,1H3,(H,18,19). The Kier molecular flexibility index (Phi) is 3.80. The number of halogens is 1. The Hall–Kier alpha value is -1.56. The summed E-state index contributed by atoms with van der Waals surface area (Å²) in [5, 5.41) is 8.91. The van der Waals surface area contributed by atoms with Crippen molar-refractivity contribution >= 4 is 33.5 Å². The first-order chi connectivity index (χ1) is 8.88. The highest BCUT2D eigenvalue weighted by atomic mass is 79.9. The van der Waals surface area contributed by atoms with Crippen molar-refractivity contribution in [3.05, 3.63) is 28.2 Å². The topological polar surface area (TPSA) is 83.6 Å². The van der Waals surface area contributed by atoms with Crippen molar-refractivity contribution in [2.24, 2.45) is 11.8 Å². The van der Waals surface area contributed by atoms with E-state index >= 15 is 0 Å². The SMILES string of the molecule is CC(C(=O)O)C1CN(C(=O)c2cc(N)cc(Br)c2)C1. The number of amides is 1. The molecule has 1 aromatic carbocycles. The van der Waals surface area contributed by atoms with Gasteiger partial charge in [0.1, 0.15) is 0 Å². The second-order valence-corrected chi connectivity index (χ2v) is 5.79. The van der Waals surface area contributed by atoms with Crippen LogP contribution in [0.4, 0.5) is 5.69 Å². The Bertz CT molecular complexity index is 506. The number of hydrogen-bond donors (Lipinski definition) is 2. The van der Waals surface area contributed by atoms with Crippen LogP contribution in [0.5, 0.6) is 0 Å². The fourth-order valence-corrected chi connectivity index (χ4v) is 2.63. The molecule has 1 atom stereocenters. The first kappa shape index (κ1) is 13.9. The quantitative estimate of drug-likeness (QED) is 0.830. The van der Waals surface area contributed by atoms with Crippen LogP contribution in [0, 0.1) is 11.8 Å². The second-order valence-electron chi connectivity index (χ2n) is 4.87. The molecule has 19 heavy (non-hydrogen) atoms. The average molecular weight is 327 g/mol. The maximum atomic E-state index is 12.2. The zero-order valence-electron chi connectivity index (χ0n) is 10.5. The van der Waals surface area contributed by atoms with Gasteiger partial charge < -0.3 is 15.7 Å². The molecule has 1 fully saturated rings. The van der Waals surface area contributed by atoms with E-state index in [2.05, 4.69) is 15.9 Å². The number of aliphatic carboxylic acids is 1. The number of nitrogen functional groups attached to an aromatic ring is 1. The number of likely N-dealkylation sites (tertiary alicyclic amines) is 1. The number of anilines is 1. The van der Waals surface area contributed by atoms with Gasteiger partial charge in [0.15, 0.2) is 0 Å². The Balaban J connectivity index is 2.02. The summed E-state index contributed by atoms with van der Waals surface area (Å²) in [5.74, 6) is -1.31. The number of nitrogens with zero attached hydrogens (tertiary/aromatic N) is 1. The normalized spacial score (nSPS) is 16.8. The summed E-state index contributed by atoms with van der Waals surface area (Å²) in [6.07, 6.45) is 0. The summed E-state index contributed by atoms with van der Waals surface area (Å²) in [4.78, 5) is 24.7. The van der Waals surface area contributed by atoms with Crippen molar-refractivity contribution in [1.82, 2.24) is 4.90 Å². The summed E-state index contributed by atoms with van der Waals surface area (Å²) in [6, 6.07) is 5.07. The number of rotatable bonds is 3. The highest BCUT2D eigenvalue weighted by Gasteiger charge is 2.37. The van der Waals surface area contributed by atoms with Gasteiger partial charge in [-0.15, -0.1) is 0 Å². The van der Waals surface area contributed by atoms with Gasteiger partial charge in [-0.25, -0.2) is 0 Å². The third-order valence-electron chi connectivity index (χ3n) is 3.46. The molecule has 0 radical (unpaired) electrons. The fraction of sp³-hybridized carbons (Fsp3) is 0.385. The fourth-order valence-electron chi connectivity index (χ4n) is 2.11. The highest BCUT2D eigenvalue weighted by molar-refractivity contribution is 9.10. The first-order valence-electron chi connectivity index (χ1n) is 5.96. The molecule has 0 saturated carbocycles. The number of carboxylic acids is 1. The Morgan fingerprint density at radius 2 is 2.05 bits per heavy atom. The molecule has 1 saturated heterocycles. The van der Waals surface area contributed by atoms with Gasteiger partial charge >= 0.3 is 5.97 Å². The molecule has 1 aliphatic heterocycles. The van der Waals surface area contributed by atoms with Gasteiger partial charge in [0, 0.05) is 34.7 Å². The van der Waals surface area contributed by atoms with Gasteiger partial charge in [0.25, 0.3) is 5.91 Å². The van der Waals surface area contributed by atoms with Crippen LogP contribution in [-0.4, -0.2) is 35.0 Å². The molecule has 0 aromatic heterocycles. The molecule has 1 aliphatic rings. The summed E-state index contributed by atoms with van der Waals surface area (Å²) < 4.78 is 0.756. The van der Waals surface area contributed by atoms with Crippen LogP contribution >= 0.6 is 15.9 Å². The minimum absolute atomic E-state index is 0.0333. The molecule has 5 nitrogen and oxygen atoms in total. The molecule has 1 heterocycles. The zero-order valence-corrected chi connectivity index (χ0v) is 12.1. The molecule has 1 unspecified atom stereocenters. The molecule has 2 rings (SSSR count). The largest absolute Gasteiger partial charge is 0.481 e. The zero-order chi connectivity index (χ0) is 14.2. The maximum absolute atomic E-state index is 12.2. The van der Waals surface area contributed by atoms with Crippen molar-refractivity contribution in [1.29, 1.82) is 0 Å². The number of nitrogens with two attached hydrogens (primary N) is 1. The van der Waals surface area contributed by atoms with Gasteiger partial charge in [0.2, 0.25) is 0 Å². The molecule has 1 aromatic rings. The van der Waals surface area contributed by atoms with E-state index in [0.717, 1.165) is 4.47 Å². The van der Waals surface area contributed by atoms with Gasteiger partial charge in [0.05, 0.1) is 5.92 Å². The van der Waals surface area contributed by atoms with Crippen LogP contribution in [0.15, 0.2) is 22.7 Å². The number of carbonyl (C=O) groups is 2. The first-order valence-corrected chi connectivity index (χ1v) is 6.76. The number of carboxylic acid groups (broad SMARTS) is 1. The molecule has 102 valence electrons. The lowest BCUT2D eigenvalue weighted by molar-refractivity contribution is -0.144. The number of hydrogen-bond acceptors (Lipinski definition) is 3. The van der Waals surface area contributed by atoms with E-state index in [4.69, 9.17) is 10.8 Å². The van der Waals surface area contributed by atoms with Crippen molar-refractivity contribution in [2.45, 2.75) is 6.92 Å². The molecule has 1 amide bonds. The van der Waals surface area contributed by atoms with E-state index in [1.807, 2.05) is 0 Å². The van der Waals surface area contributed by atoms with Gasteiger partial charge in [-0.3, -0.25) is 9.59 Å². The molecule has 3 N–H and O–H groups in total. The van der Waals surface area contributed by atoms with Crippen molar-refractivity contribution < 1.29 is 14.7 Å². The lowest BCUT2D eigenvalue weighted by Gasteiger charge is -2.41. The van der Waals surface area contributed by atoms with Crippen LogP contribution in [0.25, 0.3) is 0 Å². The maximum Gasteiger partial charge on any atom is 0.306 e. The van der Waals surface area contributed by atoms with Crippen LogP contribution in [0.2, 0.25) is 0 Å². The predicted molar refractivity (Wildman–Crippen MR) is 74.7 cm³/mol. The number of benzene rings is 1. The average Bonchev–Trinajstić information content (AvgIpc) is 2.25. The third kappa shape index (κ3) is 2.89. The van der Waals surface area contributed by atoms with Crippen molar-refractivity contribution in [2.75, 3.05) is 18.8 Å². The van der Waals surface area contributed by atoms with E-state index in [0.29, 0.717) is 24.3 Å². The van der Waals surface area contributed by atoms with E-state index < -0.39 is 11.9 Å². The molecule has 0 bridgehead atoms. The van der Waals surface area contributed by atoms with Crippen LogP contribution < -0.4 is 5.73 Å². The lowest BCUT2D eigenvalue weighted by Crippen LogP contribution is -2.53. The Morgan fingerprint density at radius 3 is 2.58 bits per heavy atom. The Morgan fingerprint density at radius 1 is 1.42 bits per heavy atom. The lowest BCUT2D eigenvalue weighted by atomic mass is 9.86. The number of carbonyl (C=O) groups excluding carboxylic acids is 1. The minimum atomic E-state index is -0.816. The molecule has 6 heteroatoms. The summed E-state index contributed by atoms with van der Waals surface area (Å²) in [7, 11) is 0. The highest BCUT2D eigenvalue weighted by Crippen LogP contribution is 2.27. The monoisotopic (exact) mass is 326 g/mol. The van der Waals surface area contributed by atoms with E-state index in [-0.39, 0.29) is 11.8 Å². The van der Waals surface area contributed by atoms with E-state index in [9.17, 15) is 9.59 Å². The Labute approximate surface area is 119 Å². The van der Waals surface area contributed by atoms with Crippen LogP contribution in [-0.2, 0) is 4.79 Å². The summed E-state index contributed by atoms with van der Waals surface area (Å²) in [5.41, 5.74) is 6.74. The van der Waals surface area contributed by atoms with Crippen LogP contribution in [0.3, 0.4) is 0 Å².